The first-order valence-corrected chi connectivity index (χ1v) is 4.28. The number of carbonyl (C=O) groups excluding carboxylic acids is 2. The van der Waals surface area contributed by atoms with Crippen LogP contribution in [0.1, 0.15) is 27.7 Å². The number of rotatable bonds is 4. The Hall–Kier alpha value is -1.12. The van der Waals surface area contributed by atoms with E-state index in [0.29, 0.717) is 5.57 Å². The monoisotopic (exact) mass is 184 g/mol. The van der Waals surface area contributed by atoms with E-state index in [2.05, 4.69) is 0 Å². The summed E-state index contributed by atoms with van der Waals surface area (Å²) < 4.78 is 4.96. The van der Waals surface area contributed by atoms with Gasteiger partial charge in [-0.15, -0.1) is 0 Å². The van der Waals surface area contributed by atoms with Gasteiger partial charge in [0.25, 0.3) is 0 Å². The lowest BCUT2D eigenvalue weighted by Gasteiger charge is -2.16. The van der Waals surface area contributed by atoms with Gasteiger partial charge in [0, 0.05) is 12.8 Å². The van der Waals surface area contributed by atoms with Gasteiger partial charge in [-0.3, -0.25) is 9.59 Å². The molecule has 0 spiro atoms. The third-order valence-electron chi connectivity index (χ3n) is 1.80. The van der Waals surface area contributed by atoms with Crippen molar-refractivity contribution in [3.8, 4) is 0 Å². The largest absolute Gasteiger partial charge is 0.462 e. The Morgan fingerprint density at radius 2 is 1.85 bits per heavy atom. The summed E-state index contributed by atoms with van der Waals surface area (Å²) in [5.74, 6) is -0.231. The number of carbonyl (C=O) groups is 2. The van der Waals surface area contributed by atoms with Crippen molar-refractivity contribution in [3.05, 3.63) is 11.6 Å². The predicted octanol–water partition coefficient (Wildman–Crippen LogP) is 1.72. The first-order valence-electron chi connectivity index (χ1n) is 4.28. The van der Waals surface area contributed by atoms with Crippen molar-refractivity contribution >= 4 is 12.3 Å². The lowest BCUT2D eigenvalue weighted by atomic mass is 10.0. The van der Waals surface area contributed by atoms with Crippen LogP contribution in [0.2, 0.25) is 0 Å². The summed E-state index contributed by atoms with van der Waals surface area (Å²) in [6.45, 7) is 6.81. The highest BCUT2D eigenvalue weighted by Gasteiger charge is 2.12. The summed E-state index contributed by atoms with van der Waals surface area (Å²) in [5.41, 5.74) is 0.659. The molecule has 3 heteroatoms. The van der Waals surface area contributed by atoms with Crippen molar-refractivity contribution in [3.63, 3.8) is 0 Å². The van der Waals surface area contributed by atoms with E-state index >= 15 is 0 Å². The Labute approximate surface area is 78.8 Å². The van der Waals surface area contributed by atoms with Crippen LogP contribution in [0.15, 0.2) is 11.6 Å². The van der Waals surface area contributed by atoms with Crippen molar-refractivity contribution in [2.75, 3.05) is 0 Å². The number of ether oxygens (including phenoxy) is 1. The third-order valence-corrected chi connectivity index (χ3v) is 1.80. The van der Waals surface area contributed by atoms with Crippen molar-refractivity contribution in [2.45, 2.75) is 33.8 Å². The van der Waals surface area contributed by atoms with Crippen LogP contribution in [0, 0.1) is 5.92 Å². The minimum absolute atomic E-state index is 0.0640. The Kier molecular flexibility index (Phi) is 5.04. The fraction of sp³-hybridized carbons (Fsp3) is 0.600. The molecule has 0 saturated heterocycles. The van der Waals surface area contributed by atoms with Gasteiger partial charge in [0.15, 0.2) is 0 Å². The fourth-order valence-corrected chi connectivity index (χ4v) is 0.959. The standard InChI is InChI=1S/C10H16O3/c1-7(6-11)5-8(2)9(3)13-10(4)12/h5-6,8-9H,1-4H3/b7-5+/t8-,9+/m0/s1. The molecule has 0 aliphatic heterocycles. The van der Waals surface area contributed by atoms with Gasteiger partial charge < -0.3 is 4.74 Å². The molecule has 0 aromatic heterocycles. The van der Waals surface area contributed by atoms with Crippen LogP contribution in [0.5, 0.6) is 0 Å². The van der Waals surface area contributed by atoms with E-state index in [9.17, 15) is 9.59 Å². The Morgan fingerprint density at radius 3 is 2.23 bits per heavy atom. The Bertz CT molecular complexity index is 218. The zero-order chi connectivity index (χ0) is 10.4. The van der Waals surface area contributed by atoms with E-state index in [1.54, 1.807) is 19.9 Å². The zero-order valence-electron chi connectivity index (χ0n) is 8.53. The van der Waals surface area contributed by atoms with Crippen molar-refractivity contribution in [2.24, 2.45) is 5.92 Å². The molecular formula is C10H16O3. The molecule has 0 N–H and O–H groups in total. The van der Waals surface area contributed by atoms with Gasteiger partial charge in [-0.1, -0.05) is 13.0 Å². The predicted molar refractivity (Wildman–Crippen MR) is 50.2 cm³/mol. The maximum atomic E-state index is 10.6. The summed E-state index contributed by atoms with van der Waals surface area (Å²) >= 11 is 0. The summed E-state index contributed by atoms with van der Waals surface area (Å²) in [4.78, 5) is 20.9. The molecule has 74 valence electrons. The van der Waals surface area contributed by atoms with Crippen molar-refractivity contribution in [1.82, 2.24) is 0 Å². The molecule has 0 aromatic carbocycles. The second-order valence-corrected chi connectivity index (χ2v) is 3.20. The molecule has 0 heterocycles. The molecular weight excluding hydrogens is 168 g/mol. The molecule has 0 rings (SSSR count). The zero-order valence-corrected chi connectivity index (χ0v) is 8.53. The topological polar surface area (TPSA) is 43.4 Å². The van der Waals surface area contributed by atoms with E-state index in [1.807, 2.05) is 6.92 Å². The lowest BCUT2D eigenvalue weighted by Crippen LogP contribution is -2.19. The molecule has 0 saturated carbocycles. The van der Waals surface area contributed by atoms with Gasteiger partial charge in [-0.05, 0) is 19.4 Å². The van der Waals surface area contributed by atoms with Crippen LogP contribution in [0.3, 0.4) is 0 Å². The Balaban J connectivity index is 4.17. The maximum absolute atomic E-state index is 10.6. The third kappa shape index (κ3) is 5.17. The molecule has 0 aliphatic rings. The van der Waals surface area contributed by atoms with E-state index in [-0.39, 0.29) is 18.0 Å². The van der Waals surface area contributed by atoms with E-state index in [0.717, 1.165) is 6.29 Å². The van der Waals surface area contributed by atoms with Crippen LogP contribution in [-0.4, -0.2) is 18.4 Å². The number of aldehydes is 1. The van der Waals surface area contributed by atoms with Gasteiger partial charge >= 0.3 is 5.97 Å². The molecule has 13 heavy (non-hydrogen) atoms. The van der Waals surface area contributed by atoms with Crippen LogP contribution >= 0.6 is 0 Å². The average molecular weight is 184 g/mol. The molecule has 0 amide bonds. The summed E-state index contributed by atoms with van der Waals surface area (Å²) in [5, 5.41) is 0. The number of allylic oxidation sites excluding steroid dienone is 1. The summed E-state index contributed by atoms with van der Waals surface area (Å²) in [6.07, 6.45) is 2.39. The second kappa shape index (κ2) is 5.51. The summed E-state index contributed by atoms with van der Waals surface area (Å²) in [7, 11) is 0. The molecule has 0 radical (unpaired) electrons. The lowest BCUT2D eigenvalue weighted by molar-refractivity contribution is -0.146. The minimum atomic E-state index is -0.295. The quantitative estimate of drug-likeness (QED) is 0.379. The van der Waals surface area contributed by atoms with Gasteiger partial charge in [0.2, 0.25) is 0 Å². The molecule has 0 bridgehead atoms. The van der Waals surface area contributed by atoms with E-state index < -0.39 is 0 Å². The van der Waals surface area contributed by atoms with Gasteiger partial charge in [-0.2, -0.15) is 0 Å². The van der Waals surface area contributed by atoms with Gasteiger partial charge in [0.1, 0.15) is 12.4 Å². The number of esters is 1. The van der Waals surface area contributed by atoms with Crippen LogP contribution < -0.4 is 0 Å². The molecule has 0 aliphatic carbocycles. The molecule has 0 fully saturated rings. The second-order valence-electron chi connectivity index (χ2n) is 3.20. The number of hydrogen-bond donors (Lipinski definition) is 0. The highest BCUT2D eigenvalue weighted by molar-refractivity contribution is 5.72. The van der Waals surface area contributed by atoms with E-state index in [1.165, 1.54) is 6.92 Å². The van der Waals surface area contributed by atoms with Gasteiger partial charge in [-0.25, -0.2) is 0 Å². The van der Waals surface area contributed by atoms with Crippen molar-refractivity contribution < 1.29 is 14.3 Å². The van der Waals surface area contributed by atoms with Gasteiger partial charge in [0.05, 0.1) is 0 Å². The molecule has 2 atom stereocenters. The fourth-order valence-electron chi connectivity index (χ4n) is 0.959. The normalized spacial score (nSPS) is 16.2. The first-order chi connectivity index (χ1) is 5.97. The highest BCUT2D eigenvalue weighted by Crippen LogP contribution is 2.10. The number of hydrogen-bond acceptors (Lipinski definition) is 3. The van der Waals surface area contributed by atoms with Crippen molar-refractivity contribution in [1.29, 1.82) is 0 Å². The Morgan fingerprint density at radius 1 is 1.31 bits per heavy atom. The first kappa shape index (κ1) is 11.9. The molecule has 3 nitrogen and oxygen atoms in total. The summed E-state index contributed by atoms with van der Waals surface area (Å²) in [6, 6.07) is 0. The van der Waals surface area contributed by atoms with E-state index in [4.69, 9.17) is 4.74 Å². The maximum Gasteiger partial charge on any atom is 0.302 e. The van der Waals surface area contributed by atoms with Crippen LogP contribution in [-0.2, 0) is 14.3 Å². The molecule has 0 aromatic rings. The van der Waals surface area contributed by atoms with Crippen LogP contribution in [0.4, 0.5) is 0 Å². The average Bonchev–Trinajstić information content (AvgIpc) is 2.02. The van der Waals surface area contributed by atoms with Crippen LogP contribution in [0.25, 0.3) is 0 Å². The minimum Gasteiger partial charge on any atom is -0.462 e. The smallest absolute Gasteiger partial charge is 0.302 e. The SMILES string of the molecule is CC(=O)O[C@H](C)[C@@H](C)/C=C(\C)C=O. The highest BCUT2D eigenvalue weighted by atomic mass is 16.5. The molecule has 0 unspecified atom stereocenters.